The van der Waals surface area contributed by atoms with Crippen molar-refractivity contribution in [1.82, 2.24) is 9.80 Å². The SMILES string of the molecule is CCC(C(=O)O)N(C)C(=O)N(CC)CC. The van der Waals surface area contributed by atoms with Crippen LogP contribution in [-0.4, -0.2) is 53.1 Å². The molecule has 0 radical (unpaired) electrons. The summed E-state index contributed by atoms with van der Waals surface area (Å²) in [7, 11) is 1.53. The van der Waals surface area contributed by atoms with E-state index in [1.807, 2.05) is 13.8 Å². The molecule has 0 aromatic heterocycles. The molecule has 5 nitrogen and oxygen atoms in total. The zero-order valence-corrected chi connectivity index (χ0v) is 9.86. The normalized spacial score (nSPS) is 12.0. The molecule has 0 rings (SSSR count). The van der Waals surface area contributed by atoms with Gasteiger partial charge in [-0.3, -0.25) is 0 Å². The van der Waals surface area contributed by atoms with Gasteiger partial charge in [-0.15, -0.1) is 0 Å². The molecule has 0 aliphatic carbocycles. The number of hydrogen-bond donors (Lipinski definition) is 1. The summed E-state index contributed by atoms with van der Waals surface area (Å²) in [5, 5.41) is 8.91. The van der Waals surface area contributed by atoms with Crippen LogP contribution in [0.2, 0.25) is 0 Å². The first-order valence-electron chi connectivity index (χ1n) is 5.24. The second kappa shape index (κ2) is 6.27. The second-order valence-corrected chi connectivity index (χ2v) is 3.33. The van der Waals surface area contributed by atoms with Crippen molar-refractivity contribution in [1.29, 1.82) is 0 Å². The third-order valence-corrected chi connectivity index (χ3v) is 2.47. The molecule has 15 heavy (non-hydrogen) atoms. The van der Waals surface area contributed by atoms with Crippen LogP contribution >= 0.6 is 0 Å². The van der Waals surface area contributed by atoms with Gasteiger partial charge in [-0.05, 0) is 20.3 Å². The Morgan fingerprint density at radius 2 is 1.67 bits per heavy atom. The van der Waals surface area contributed by atoms with Crippen molar-refractivity contribution in [2.45, 2.75) is 33.2 Å². The van der Waals surface area contributed by atoms with E-state index in [0.717, 1.165) is 0 Å². The highest BCUT2D eigenvalue weighted by Crippen LogP contribution is 2.06. The van der Waals surface area contributed by atoms with E-state index in [1.54, 1.807) is 11.8 Å². The van der Waals surface area contributed by atoms with Crippen molar-refractivity contribution in [3.8, 4) is 0 Å². The largest absolute Gasteiger partial charge is 0.480 e. The van der Waals surface area contributed by atoms with Crippen LogP contribution in [0.5, 0.6) is 0 Å². The van der Waals surface area contributed by atoms with Gasteiger partial charge >= 0.3 is 12.0 Å². The third kappa shape index (κ3) is 3.42. The summed E-state index contributed by atoms with van der Waals surface area (Å²) in [5.41, 5.74) is 0. The van der Waals surface area contributed by atoms with Gasteiger partial charge in [0.05, 0.1) is 0 Å². The molecule has 5 heteroatoms. The fourth-order valence-corrected chi connectivity index (χ4v) is 1.46. The van der Waals surface area contributed by atoms with Gasteiger partial charge in [0.1, 0.15) is 6.04 Å². The molecule has 0 fully saturated rings. The smallest absolute Gasteiger partial charge is 0.326 e. The molecule has 0 saturated heterocycles. The minimum Gasteiger partial charge on any atom is -0.480 e. The van der Waals surface area contributed by atoms with Gasteiger partial charge in [-0.1, -0.05) is 6.92 Å². The van der Waals surface area contributed by atoms with Gasteiger partial charge in [-0.25, -0.2) is 9.59 Å². The number of urea groups is 1. The Kier molecular flexibility index (Phi) is 5.74. The lowest BCUT2D eigenvalue weighted by molar-refractivity contribution is -0.142. The summed E-state index contributed by atoms with van der Waals surface area (Å²) < 4.78 is 0. The van der Waals surface area contributed by atoms with Gasteiger partial charge in [0.15, 0.2) is 0 Å². The van der Waals surface area contributed by atoms with Crippen LogP contribution in [0.1, 0.15) is 27.2 Å². The number of aliphatic carboxylic acids is 1. The zero-order chi connectivity index (χ0) is 12.0. The first-order chi connectivity index (χ1) is 6.99. The number of carbonyl (C=O) groups is 2. The maximum Gasteiger partial charge on any atom is 0.326 e. The van der Waals surface area contributed by atoms with E-state index < -0.39 is 12.0 Å². The molecule has 0 spiro atoms. The van der Waals surface area contributed by atoms with E-state index >= 15 is 0 Å². The Balaban J connectivity index is 4.59. The minimum atomic E-state index is -0.958. The highest BCUT2D eigenvalue weighted by molar-refractivity contribution is 5.82. The first kappa shape index (κ1) is 13.7. The molecule has 1 atom stereocenters. The molecule has 2 amide bonds. The predicted octanol–water partition coefficient (Wildman–Crippen LogP) is 1.24. The van der Waals surface area contributed by atoms with Crippen LogP contribution in [0.15, 0.2) is 0 Å². The first-order valence-corrected chi connectivity index (χ1v) is 5.24. The maximum absolute atomic E-state index is 11.8. The monoisotopic (exact) mass is 216 g/mol. The van der Waals surface area contributed by atoms with Crippen molar-refractivity contribution in [2.24, 2.45) is 0 Å². The van der Waals surface area contributed by atoms with E-state index in [9.17, 15) is 9.59 Å². The molecule has 0 aromatic carbocycles. The van der Waals surface area contributed by atoms with Crippen LogP contribution in [0, 0.1) is 0 Å². The Morgan fingerprint density at radius 3 is 1.93 bits per heavy atom. The molecule has 0 bridgehead atoms. The average molecular weight is 216 g/mol. The minimum absolute atomic E-state index is 0.228. The highest BCUT2D eigenvalue weighted by Gasteiger charge is 2.26. The third-order valence-electron chi connectivity index (χ3n) is 2.47. The van der Waals surface area contributed by atoms with Crippen LogP contribution in [-0.2, 0) is 4.79 Å². The maximum atomic E-state index is 11.8. The number of nitrogens with zero attached hydrogens (tertiary/aromatic N) is 2. The van der Waals surface area contributed by atoms with Crippen molar-refractivity contribution >= 4 is 12.0 Å². The van der Waals surface area contributed by atoms with Crippen LogP contribution in [0.3, 0.4) is 0 Å². The van der Waals surface area contributed by atoms with E-state index in [1.165, 1.54) is 11.9 Å². The number of carboxylic acids is 1. The van der Waals surface area contributed by atoms with Gasteiger partial charge in [-0.2, -0.15) is 0 Å². The summed E-state index contributed by atoms with van der Waals surface area (Å²) in [4.78, 5) is 25.6. The van der Waals surface area contributed by atoms with E-state index in [4.69, 9.17) is 5.11 Å². The Labute approximate surface area is 90.7 Å². The summed E-state index contributed by atoms with van der Waals surface area (Å²) >= 11 is 0. The van der Waals surface area contributed by atoms with E-state index in [0.29, 0.717) is 19.5 Å². The average Bonchev–Trinajstić information content (AvgIpc) is 2.19. The summed E-state index contributed by atoms with van der Waals surface area (Å²) in [6, 6.07) is -0.965. The summed E-state index contributed by atoms with van der Waals surface area (Å²) in [5.74, 6) is -0.958. The lowest BCUT2D eigenvalue weighted by Gasteiger charge is -2.29. The predicted molar refractivity (Wildman–Crippen MR) is 57.8 cm³/mol. The molecule has 0 aliphatic heterocycles. The molecular weight excluding hydrogens is 196 g/mol. The van der Waals surface area contributed by atoms with E-state index in [2.05, 4.69) is 0 Å². The molecule has 1 N–H and O–H groups in total. The molecule has 0 heterocycles. The standard InChI is InChI=1S/C10H20N2O3/c1-5-8(9(13)14)11(4)10(15)12(6-2)7-3/h8H,5-7H2,1-4H3,(H,13,14). The Hall–Kier alpha value is -1.26. The molecule has 1 unspecified atom stereocenters. The lowest BCUT2D eigenvalue weighted by atomic mass is 10.2. The molecule has 0 aromatic rings. The molecular formula is C10H20N2O3. The van der Waals surface area contributed by atoms with Crippen molar-refractivity contribution in [3.63, 3.8) is 0 Å². The summed E-state index contributed by atoms with van der Waals surface area (Å²) in [6.07, 6.45) is 0.416. The number of carboxylic acid groups (broad SMARTS) is 1. The fraction of sp³-hybridized carbons (Fsp3) is 0.800. The Morgan fingerprint density at radius 1 is 1.20 bits per heavy atom. The van der Waals surface area contributed by atoms with Gasteiger partial charge in [0, 0.05) is 20.1 Å². The number of amides is 2. The highest BCUT2D eigenvalue weighted by atomic mass is 16.4. The number of carbonyl (C=O) groups excluding carboxylic acids is 1. The number of rotatable bonds is 5. The lowest BCUT2D eigenvalue weighted by Crippen LogP contribution is -2.48. The quantitative estimate of drug-likeness (QED) is 0.752. The zero-order valence-electron chi connectivity index (χ0n) is 9.86. The van der Waals surface area contributed by atoms with Crippen LogP contribution in [0.4, 0.5) is 4.79 Å². The topological polar surface area (TPSA) is 60.9 Å². The van der Waals surface area contributed by atoms with Crippen molar-refractivity contribution in [2.75, 3.05) is 20.1 Å². The fourth-order valence-electron chi connectivity index (χ4n) is 1.46. The molecule has 0 aliphatic rings. The molecule has 88 valence electrons. The molecule has 0 saturated carbocycles. The van der Waals surface area contributed by atoms with Gasteiger partial charge < -0.3 is 14.9 Å². The van der Waals surface area contributed by atoms with Crippen LogP contribution < -0.4 is 0 Å². The van der Waals surface area contributed by atoms with Crippen LogP contribution in [0.25, 0.3) is 0 Å². The van der Waals surface area contributed by atoms with Gasteiger partial charge in [0.25, 0.3) is 0 Å². The Bertz CT molecular complexity index is 227. The summed E-state index contributed by atoms with van der Waals surface area (Å²) in [6.45, 7) is 6.68. The van der Waals surface area contributed by atoms with Crippen molar-refractivity contribution in [3.05, 3.63) is 0 Å². The van der Waals surface area contributed by atoms with E-state index in [-0.39, 0.29) is 6.03 Å². The number of hydrogen-bond acceptors (Lipinski definition) is 2. The number of likely N-dealkylation sites (N-methyl/N-ethyl adjacent to an activating group) is 1. The van der Waals surface area contributed by atoms with Crippen molar-refractivity contribution < 1.29 is 14.7 Å². The van der Waals surface area contributed by atoms with Gasteiger partial charge in [0.2, 0.25) is 0 Å². The second-order valence-electron chi connectivity index (χ2n) is 3.33.